The van der Waals surface area contributed by atoms with Gasteiger partial charge in [0, 0.05) is 37.3 Å². The Hall–Kier alpha value is -3.02. The summed E-state index contributed by atoms with van der Waals surface area (Å²) in [6.07, 6.45) is 1.85. The highest BCUT2D eigenvalue weighted by Gasteiger charge is 2.14. The summed E-state index contributed by atoms with van der Waals surface area (Å²) in [5.74, 6) is -0.347. The molecular formula is C19H21N3O3. The van der Waals surface area contributed by atoms with Crippen LogP contribution >= 0.6 is 0 Å². The summed E-state index contributed by atoms with van der Waals surface area (Å²) < 4.78 is 0. The number of hydrogen-bond acceptors (Lipinski definition) is 4. The molecule has 6 heteroatoms. The minimum absolute atomic E-state index is 0.0326. The van der Waals surface area contributed by atoms with Crippen molar-refractivity contribution in [1.82, 2.24) is 10.3 Å². The molecule has 2 rings (SSSR count). The highest BCUT2D eigenvalue weighted by Crippen LogP contribution is 2.16. The molecule has 0 atom stereocenters. The zero-order valence-corrected chi connectivity index (χ0v) is 14.4. The third kappa shape index (κ3) is 5.53. The predicted molar refractivity (Wildman–Crippen MR) is 95.2 cm³/mol. The molecule has 0 aliphatic rings. The van der Waals surface area contributed by atoms with Crippen LogP contribution < -0.4 is 10.2 Å². The van der Waals surface area contributed by atoms with Crippen molar-refractivity contribution in [2.75, 3.05) is 11.4 Å². The first-order chi connectivity index (χ1) is 12.0. The molecule has 130 valence electrons. The predicted octanol–water partition coefficient (Wildman–Crippen LogP) is 2.34. The fourth-order valence-electron chi connectivity index (χ4n) is 2.34. The molecule has 0 radical (unpaired) electrons. The molecule has 0 fully saturated rings. The average molecular weight is 339 g/mol. The van der Waals surface area contributed by atoms with Crippen molar-refractivity contribution < 1.29 is 14.4 Å². The molecule has 0 saturated carbocycles. The van der Waals surface area contributed by atoms with Crippen LogP contribution in [0.3, 0.4) is 0 Å². The van der Waals surface area contributed by atoms with Gasteiger partial charge in [-0.15, -0.1) is 0 Å². The van der Waals surface area contributed by atoms with E-state index in [1.54, 1.807) is 30.5 Å². The van der Waals surface area contributed by atoms with Crippen LogP contribution in [-0.4, -0.2) is 29.1 Å². The van der Waals surface area contributed by atoms with E-state index in [4.69, 9.17) is 0 Å². The maximum atomic E-state index is 12.0. The smallest absolute Gasteiger partial charge is 0.223 e. The second-order valence-electron chi connectivity index (χ2n) is 5.62. The molecule has 0 saturated heterocycles. The van der Waals surface area contributed by atoms with Gasteiger partial charge in [-0.2, -0.15) is 0 Å². The van der Waals surface area contributed by atoms with E-state index in [1.165, 1.54) is 18.7 Å². The van der Waals surface area contributed by atoms with Crippen molar-refractivity contribution in [1.29, 1.82) is 0 Å². The van der Waals surface area contributed by atoms with Gasteiger partial charge in [-0.25, -0.2) is 0 Å². The Bertz CT molecular complexity index is 742. The molecule has 1 heterocycles. The number of ketones is 1. The number of aromatic nitrogens is 1. The van der Waals surface area contributed by atoms with Gasteiger partial charge < -0.3 is 10.2 Å². The molecule has 1 aromatic heterocycles. The van der Waals surface area contributed by atoms with Crippen molar-refractivity contribution in [3.8, 4) is 0 Å². The van der Waals surface area contributed by atoms with Crippen molar-refractivity contribution in [2.45, 2.75) is 26.8 Å². The molecule has 0 aliphatic carbocycles. The minimum Gasteiger partial charge on any atom is -0.350 e. The summed E-state index contributed by atoms with van der Waals surface area (Å²) in [6, 6.07) is 12.3. The summed E-state index contributed by atoms with van der Waals surface area (Å²) in [5.41, 5.74) is 2.02. The van der Waals surface area contributed by atoms with Gasteiger partial charge in [-0.05, 0) is 43.3 Å². The minimum atomic E-state index is -0.159. The maximum absolute atomic E-state index is 12.0. The second kappa shape index (κ2) is 8.73. The number of hydrogen-bond donors (Lipinski definition) is 1. The number of pyridine rings is 1. The van der Waals surface area contributed by atoms with Gasteiger partial charge in [-0.1, -0.05) is 6.07 Å². The molecule has 6 nitrogen and oxygen atoms in total. The lowest BCUT2D eigenvalue weighted by Gasteiger charge is -2.21. The molecule has 0 unspecified atom stereocenters. The van der Waals surface area contributed by atoms with Crippen LogP contribution in [0.2, 0.25) is 0 Å². The number of amides is 2. The first-order valence-electron chi connectivity index (χ1n) is 8.03. The van der Waals surface area contributed by atoms with E-state index in [2.05, 4.69) is 10.3 Å². The molecule has 0 bridgehead atoms. The lowest BCUT2D eigenvalue weighted by molar-refractivity contribution is -0.121. The summed E-state index contributed by atoms with van der Waals surface area (Å²) >= 11 is 0. The van der Waals surface area contributed by atoms with Gasteiger partial charge in [0.1, 0.15) is 0 Å². The number of nitrogens with one attached hydrogen (secondary N) is 1. The fraction of sp³-hybridized carbons (Fsp3) is 0.263. The van der Waals surface area contributed by atoms with Crippen molar-refractivity contribution in [2.24, 2.45) is 0 Å². The molecule has 25 heavy (non-hydrogen) atoms. The highest BCUT2D eigenvalue weighted by atomic mass is 16.2. The van der Waals surface area contributed by atoms with Crippen LogP contribution in [0.1, 0.15) is 36.3 Å². The number of anilines is 1. The maximum Gasteiger partial charge on any atom is 0.223 e. The Kier molecular flexibility index (Phi) is 6.39. The van der Waals surface area contributed by atoms with Gasteiger partial charge >= 0.3 is 0 Å². The zero-order chi connectivity index (χ0) is 18.2. The summed E-state index contributed by atoms with van der Waals surface area (Å²) in [4.78, 5) is 40.9. The lowest BCUT2D eigenvalue weighted by Crippen LogP contribution is -2.33. The lowest BCUT2D eigenvalue weighted by atomic mass is 10.1. The van der Waals surface area contributed by atoms with Gasteiger partial charge in [0.25, 0.3) is 0 Å². The standard InChI is InChI=1S/C19H21N3O3/c1-14(23)16-6-8-18(9-7-16)22(15(2)24)12-10-19(25)21-13-17-5-3-4-11-20-17/h3-9,11H,10,12-13H2,1-2H3,(H,21,25). The van der Waals surface area contributed by atoms with Crippen LogP contribution in [0.25, 0.3) is 0 Å². The first-order valence-corrected chi connectivity index (χ1v) is 8.03. The van der Waals surface area contributed by atoms with Gasteiger partial charge in [-0.3, -0.25) is 19.4 Å². The van der Waals surface area contributed by atoms with Crippen molar-refractivity contribution in [3.05, 3.63) is 59.9 Å². The van der Waals surface area contributed by atoms with Crippen molar-refractivity contribution in [3.63, 3.8) is 0 Å². The molecule has 0 spiro atoms. The van der Waals surface area contributed by atoms with E-state index < -0.39 is 0 Å². The quantitative estimate of drug-likeness (QED) is 0.785. The van der Waals surface area contributed by atoms with Gasteiger partial charge in [0.2, 0.25) is 11.8 Å². The number of carbonyl (C=O) groups excluding carboxylic acids is 3. The number of Topliss-reactive ketones (excluding diaryl/α,β-unsaturated/α-hetero) is 1. The van der Waals surface area contributed by atoms with E-state index in [0.29, 0.717) is 17.8 Å². The van der Waals surface area contributed by atoms with E-state index in [-0.39, 0.29) is 30.6 Å². The third-order valence-electron chi connectivity index (χ3n) is 3.72. The summed E-state index contributed by atoms with van der Waals surface area (Å²) in [5, 5.41) is 2.78. The van der Waals surface area contributed by atoms with E-state index in [9.17, 15) is 14.4 Å². The number of benzene rings is 1. The number of nitrogens with zero attached hydrogens (tertiary/aromatic N) is 2. The largest absolute Gasteiger partial charge is 0.350 e. The Labute approximate surface area is 146 Å². The molecule has 0 aliphatic heterocycles. The van der Waals surface area contributed by atoms with Crippen molar-refractivity contribution >= 4 is 23.3 Å². The monoisotopic (exact) mass is 339 g/mol. The zero-order valence-electron chi connectivity index (χ0n) is 14.4. The van der Waals surface area contributed by atoms with Crippen LogP contribution in [0.5, 0.6) is 0 Å². The van der Waals surface area contributed by atoms with Gasteiger partial charge in [0.15, 0.2) is 5.78 Å². The van der Waals surface area contributed by atoms with E-state index in [0.717, 1.165) is 5.69 Å². The Morgan fingerprint density at radius 1 is 1.04 bits per heavy atom. The SMILES string of the molecule is CC(=O)c1ccc(N(CCC(=O)NCc2ccccn2)C(C)=O)cc1. The normalized spacial score (nSPS) is 10.2. The molecule has 2 aromatic rings. The Morgan fingerprint density at radius 3 is 2.32 bits per heavy atom. The van der Waals surface area contributed by atoms with Crippen LogP contribution in [0.15, 0.2) is 48.7 Å². The molecule has 1 N–H and O–H groups in total. The van der Waals surface area contributed by atoms with E-state index in [1.807, 2.05) is 18.2 Å². The fourth-order valence-corrected chi connectivity index (χ4v) is 2.34. The average Bonchev–Trinajstić information content (AvgIpc) is 2.61. The number of carbonyl (C=O) groups is 3. The molecule has 2 amide bonds. The second-order valence-corrected chi connectivity index (χ2v) is 5.62. The number of rotatable bonds is 7. The van der Waals surface area contributed by atoms with E-state index >= 15 is 0 Å². The van der Waals surface area contributed by atoms with Crippen LogP contribution in [-0.2, 0) is 16.1 Å². The van der Waals surface area contributed by atoms with Crippen LogP contribution in [0.4, 0.5) is 5.69 Å². The first kappa shape index (κ1) is 18.3. The Morgan fingerprint density at radius 2 is 1.76 bits per heavy atom. The summed E-state index contributed by atoms with van der Waals surface area (Å²) in [7, 11) is 0. The molecule has 1 aromatic carbocycles. The molecular weight excluding hydrogens is 318 g/mol. The topological polar surface area (TPSA) is 79.4 Å². The van der Waals surface area contributed by atoms with Crippen LogP contribution in [0, 0.1) is 0 Å². The summed E-state index contributed by atoms with van der Waals surface area (Å²) in [6.45, 7) is 3.56. The highest BCUT2D eigenvalue weighted by molar-refractivity contribution is 5.96. The van der Waals surface area contributed by atoms with Gasteiger partial charge in [0.05, 0.1) is 12.2 Å². The Balaban J connectivity index is 1.91. The third-order valence-corrected chi connectivity index (χ3v) is 3.72.